The van der Waals surface area contributed by atoms with Crippen molar-refractivity contribution in [1.29, 1.82) is 0 Å². The van der Waals surface area contributed by atoms with Gasteiger partial charge in [-0.2, -0.15) is 6.67 Å². The summed E-state index contributed by atoms with van der Waals surface area (Å²) >= 11 is -1.61. The van der Waals surface area contributed by atoms with Gasteiger partial charge in [-0.1, -0.05) is 59.7 Å². The molecule has 3 aromatic carbocycles. The van der Waals surface area contributed by atoms with Crippen LogP contribution in [-0.4, -0.2) is 66.5 Å². The van der Waals surface area contributed by atoms with Gasteiger partial charge in [-0.05, 0) is 102 Å². The first-order chi connectivity index (χ1) is 29.0. The van der Waals surface area contributed by atoms with Crippen LogP contribution in [0.25, 0.3) is 0 Å². The van der Waals surface area contributed by atoms with Crippen molar-refractivity contribution >= 4 is 50.1 Å². The molecule has 1 aliphatic rings. The number of hydrogen-bond donors (Lipinski definition) is 0. The van der Waals surface area contributed by atoms with Crippen LogP contribution >= 0.6 is 34.1 Å². The first-order valence-electron chi connectivity index (χ1n) is 20.2. The molecule has 2 atom stereocenters. The normalized spacial score (nSPS) is 14.0. The van der Waals surface area contributed by atoms with Gasteiger partial charge in [-0.15, -0.1) is 0 Å². The van der Waals surface area contributed by atoms with E-state index >= 15 is 0 Å². The summed E-state index contributed by atoms with van der Waals surface area (Å²) in [6.45, 7) is 25.3. The minimum atomic E-state index is -2.51. The maximum atomic E-state index is 11.7. The molecule has 0 spiro atoms. The number of aryl methyl sites for hydroxylation is 6. The van der Waals surface area contributed by atoms with Crippen molar-refractivity contribution in [2.24, 2.45) is 0 Å². The van der Waals surface area contributed by atoms with Crippen LogP contribution in [0.15, 0.2) is 128 Å². The Hall–Kier alpha value is -3.25. The third-order valence-corrected chi connectivity index (χ3v) is 13.9. The smallest absolute Gasteiger partial charge is 0.0267 e. The molecular weight excluding hydrogens is 930 g/mol. The van der Waals surface area contributed by atoms with Crippen molar-refractivity contribution in [1.82, 2.24) is 9.97 Å². The molecule has 0 amide bonds. The molecule has 1 fully saturated rings. The van der Waals surface area contributed by atoms with Gasteiger partial charge in [0.25, 0.3) is 0 Å². The number of pyridine rings is 2. The van der Waals surface area contributed by atoms with Crippen LogP contribution in [0.2, 0.25) is 0 Å². The molecule has 5 aromatic rings. The standard InChI is InChI=1S/C21H27N2.C10H22O4P2.C7H6.2C5H5N.2ClH.Ru/c1-14-9-16(3)20(17(4)10-14)22-7-8-23(13-22)21-18(5)11-15(2)12-19(21)6;1-5-13-15(3,11)9-7-8-10-16(4,12)14-6-2;1-7-5-3-2-4-6-7;2*1-2-4-6-5-3-1;;;/h9-13H,7-8H2,1-6H3;7-8H,5-6,9-10H2,1-4H3;1-6H;2*1-5H;2*1H;/q-1;;;;;;;+2/p-2/b;8-7-;;;;;;. The molecule has 1 saturated heterocycles. The maximum Gasteiger partial charge on any atom is 0.0267 e. The molecule has 0 N–H and O–H groups in total. The van der Waals surface area contributed by atoms with Crippen molar-refractivity contribution < 1.29 is 31.7 Å². The van der Waals surface area contributed by atoms with Crippen molar-refractivity contribution in [2.75, 3.05) is 61.8 Å². The van der Waals surface area contributed by atoms with Gasteiger partial charge in [0.15, 0.2) is 0 Å². The first-order valence-corrected chi connectivity index (χ1v) is 30.2. The number of hydrogen-bond acceptors (Lipinski definition) is 8. The SMILES string of the molecule is CCOP(C)(=O)C/C=C\CP(C)(=O)OCC.Cc1cc(C)c(N2[CH-]N(c3c(C)cc(C)cc3C)CC2)c(C)c1.[Cl][Ru]([Cl])=[CH]c1ccccc1.c1ccncc1.c1ccncc1. The number of nitrogens with zero attached hydrogens (tertiary/aromatic N) is 4. The predicted molar refractivity (Wildman–Crippen MR) is 261 cm³/mol. The summed E-state index contributed by atoms with van der Waals surface area (Å²) in [6.07, 6.45) is 11.3. The fourth-order valence-corrected chi connectivity index (χ4v) is 10.7. The van der Waals surface area contributed by atoms with Crippen LogP contribution in [0.5, 0.6) is 0 Å². The predicted octanol–water partition coefficient (Wildman–Crippen LogP) is 13.3. The minimum absolute atomic E-state index is 0.382. The van der Waals surface area contributed by atoms with E-state index in [0.29, 0.717) is 25.5 Å². The molecule has 0 radical (unpaired) electrons. The summed E-state index contributed by atoms with van der Waals surface area (Å²) in [7, 11) is 6.32. The van der Waals surface area contributed by atoms with E-state index in [-0.39, 0.29) is 0 Å². The number of aromatic nitrogens is 2. The van der Waals surface area contributed by atoms with Crippen LogP contribution in [0.3, 0.4) is 0 Å². The molecule has 0 saturated carbocycles. The van der Waals surface area contributed by atoms with E-state index in [1.807, 2.05) is 85.2 Å². The van der Waals surface area contributed by atoms with Gasteiger partial charge in [-0.3, -0.25) is 19.1 Å². The van der Waals surface area contributed by atoms with E-state index < -0.39 is 28.3 Å². The fraction of sp³-hybridized carbons (Fsp3) is 0.333. The third kappa shape index (κ3) is 22.6. The molecule has 1 aliphatic heterocycles. The minimum Gasteiger partial charge on any atom is -0.265 e. The van der Waals surface area contributed by atoms with Gasteiger partial charge in [0.05, 0.1) is 13.2 Å². The van der Waals surface area contributed by atoms with Crippen molar-refractivity contribution in [3.8, 4) is 0 Å². The van der Waals surface area contributed by atoms with Crippen molar-refractivity contribution in [3.05, 3.63) is 174 Å². The Bertz CT molecular complexity index is 1940. The van der Waals surface area contributed by atoms with E-state index in [9.17, 15) is 9.13 Å². The molecule has 8 nitrogen and oxygen atoms in total. The van der Waals surface area contributed by atoms with Crippen LogP contribution in [0.4, 0.5) is 11.4 Å². The van der Waals surface area contributed by atoms with E-state index in [2.05, 4.69) is 92.2 Å². The van der Waals surface area contributed by atoms with Crippen LogP contribution in [0, 0.1) is 48.2 Å². The largest absolute Gasteiger partial charge is 0.265 e. The average molecular weight is 996 g/mol. The van der Waals surface area contributed by atoms with Gasteiger partial charge in [-0.25, -0.2) is 0 Å². The number of allylic oxidation sites excluding steroid dienone is 2. The Morgan fingerprint density at radius 1 is 0.623 bits per heavy atom. The Balaban J connectivity index is 0.000000290. The van der Waals surface area contributed by atoms with E-state index in [1.165, 1.54) is 44.8 Å². The molecule has 2 aromatic heterocycles. The molecule has 61 heavy (non-hydrogen) atoms. The molecule has 2 unspecified atom stereocenters. The Morgan fingerprint density at radius 2 is 0.967 bits per heavy atom. The number of benzene rings is 3. The fourth-order valence-electron chi connectivity index (χ4n) is 6.51. The summed E-state index contributed by atoms with van der Waals surface area (Å²) in [6, 6.07) is 30.4. The van der Waals surface area contributed by atoms with Crippen LogP contribution < -0.4 is 9.80 Å². The van der Waals surface area contributed by atoms with Crippen LogP contribution in [-0.2, 0) is 31.7 Å². The number of rotatable bonds is 11. The van der Waals surface area contributed by atoms with Crippen molar-refractivity contribution in [2.45, 2.75) is 55.4 Å². The van der Waals surface area contributed by atoms with Gasteiger partial charge in [0.1, 0.15) is 0 Å². The van der Waals surface area contributed by atoms with Crippen molar-refractivity contribution in [3.63, 3.8) is 0 Å². The number of halogens is 2. The Labute approximate surface area is 380 Å². The van der Waals surface area contributed by atoms with Crippen LogP contribution in [0.1, 0.15) is 52.8 Å². The summed E-state index contributed by atoms with van der Waals surface area (Å²) in [5.41, 5.74) is 12.0. The zero-order chi connectivity index (χ0) is 45.3. The van der Waals surface area contributed by atoms with Gasteiger partial charge >= 0.3 is 73.4 Å². The maximum absolute atomic E-state index is 11.7. The summed E-state index contributed by atoms with van der Waals surface area (Å²) < 4.78 is 35.5. The topological polar surface area (TPSA) is 84.9 Å². The quantitative estimate of drug-likeness (QED) is 0.0560. The van der Waals surface area contributed by atoms with Gasteiger partial charge in [0, 0.05) is 74.9 Å². The molecule has 0 bridgehead atoms. The molecule has 13 heteroatoms. The Kier molecular flexibility index (Phi) is 25.8. The molecule has 334 valence electrons. The van der Waals surface area contributed by atoms with E-state index in [0.717, 1.165) is 18.7 Å². The molecule has 0 aliphatic carbocycles. The summed E-state index contributed by atoms with van der Waals surface area (Å²) in [5.74, 6) is 0. The second-order valence-corrected chi connectivity index (χ2v) is 25.5. The zero-order valence-corrected chi connectivity index (χ0v) is 42.5. The second-order valence-electron chi connectivity index (χ2n) is 14.5. The second kappa shape index (κ2) is 29.2. The molecular formula is C48H65Cl2N4O4P2Ru-. The third-order valence-electron chi connectivity index (χ3n) is 8.68. The number of anilines is 2. The van der Waals surface area contributed by atoms with E-state index in [1.54, 1.807) is 50.3 Å². The average Bonchev–Trinajstić information content (AvgIpc) is 3.67. The Morgan fingerprint density at radius 3 is 1.25 bits per heavy atom. The van der Waals surface area contributed by atoms with Gasteiger partial charge in [0.2, 0.25) is 14.7 Å². The zero-order valence-electron chi connectivity index (χ0n) is 37.4. The van der Waals surface area contributed by atoms with Gasteiger partial charge < -0.3 is 18.8 Å². The van der Waals surface area contributed by atoms with E-state index in [4.69, 9.17) is 28.4 Å². The molecule has 3 heterocycles. The monoisotopic (exact) mass is 995 g/mol. The summed E-state index contributed by atoms with van der Waals surface area (Å²) in [4.78, 5) is 12.4. The summed E-state index contributed by atoms with van der Waals surface area (Å²) in [5, 5.41) is 0. The molecule has 6 rings (SSSR count). The first kappa shape index (κ1) is 53.9.